The van der Waals surface area contributed by atoms with Gasteiger partial charge in [-0.2, -0.15) is 5.10 Å². The van der Waals surface area contributed by atoms with Gasteiger partial charge < -0.3 is 10.8 Å². The van der Waals surface area contributed by atoms with Crippen LogP contribution in [0.15, 0.2) is 24.3 Å². The Balaban J connectivity index is 2.50. The molecule has 0 radical (unpaired) electrons. The molecule has 0 fully saturated rings. The third-order valence-electron chi connectivity index (χ3n) is 3.77. The third kappa shape index (κ3) is 3.06. The van der Waals surface area contributed by atoms with Gasteiger partial charge in [0.15, 0.2) is 0 Å². The van der Waals surface area contributed by atoms with Crippen molar-refractivity contribution in [2.45, 2.75) is 32.2 Å². The lowest BCUT2D eigenvalue weighted by atomic mass is 9.99. The van der Waals surface area contributed by atoms with Crippen LogP contribution in [-0.4, -0.2) is 27.3 Å². The molecule has 1 heterocycles. The van der Waals surface area contributed by atoms with E-state index in [1.807, 2.05) is 0 Å². The van der Waals surface area contributed by atoms with Crippen molar-refractivity contribution >= 4 is 17.5 Å². The highest BCUT2D eigenvalue weighted by atomic mass is 19.3. The number of carboxylic acids is 1. The number of rotatable bonds is 5. The summed E-state index contributed by atoms with van der Waals surface area (Å²) >= 11 is 0. The number of halogens is 2. The molecule has 126 valence electrons. The molecule has 0 spiro atoms. The molecule has 2 aromatic rings. The van der Waals surface area contributed by atoms with Gasteiger partial charge in [0.1, 0.15) is 18.9 Å². The molecule has 2 unspecified atom stereocenters. The normalized spacial score (nSPS) is 14.5. The summed E-state index contributed by atoms with van der Waals surface area (Å²) < 4.78 is 34.1. The van der Waals surface area contributed by atoms with Crippen molar-refractivity contribution in [2.24, 2.45) is 0 Å². The van der Waals surface area contributed by atoms with Crippen LogP contribution in [0.1, 0.15) is 32.7 Å². The second-order valence-electron chi connectivity index (χ2n) is 5.29. The smallest absolute Gasteiger partial charge is 0.310 e. The number of alkyl halides is 2. The zero-order valence-electron chi connectivity index (χ0n) is 14.0. The van der Waals surface area contributed by atoms with Crippen LogP contribution in [0.25, 0.3) is 16.1 Å². The van der Waals surface area contributed by atoms with E-state index in [0.29, 0.717) is 11.1 Å². The van der Waals surface area contributed by atoms with Crippen molar-refractivity contribution in [3.05, 3.63) is 41.2 Å². The summed E-state index contributed by atoms with van der Waals surface area (Å²) in [6.07, 6.45) is -3.81. The fraction of sp³-hybridized carbons (Fsp3) is 0.312. The minimum absolute atomic E-state index is 0.0878. The van der Waals surface area contributed by atoms with Crippen molar-refractivity contribution in [3.63, 3.8) is 0 Å². The lowest BCUT2D eigenvalue weighted by Crippen LogP contribution is -2.17. The first kappa shape index (κ1) is 15.9. The predicted molar refractivity (Wildman–Crippen MR) is 85.1 cm³/mol. The first-order chi connectivity index (χ1) is 11.6. The molecule has 1 aromatic heterocycles. The Morgan fingerprint density at radius 1 is 1.42 bits per heavy atom. The molecule has 2 rings (SSSR count). The lowest BCUT2D eigenvalue weighted by molar-refractivity contribution is -0.138. The van der Waals surface area contributed by atoms with Gasteiger partial charge in [-0.05, 0) is 25.0 Å². The quantitative estimate of drug-likeness (QED) is 0.816. The van der Waals surface area contributed by atoms with Crippen LogP contribution in [0.3, 0.4) is 0 Å². The van der Waals surface area contributed by atoms with Crippen molar-refractivity contribution in [2.75, 3.05) is 5.73 Å². The first-order valence-electron chi connectivity index (χ1n) is 7.54. The largest absolute Gasteiger partial charge is 0.481 e. The minimum Gasteiger partial charge on any atom is -0.481 e. The fourth-order valence-electron chi connectivity index (χ4n) is 2.20. The number of carboxylic acid groups (broad SMARTS) is 1. The summed E-state index contributed by atoms with van der Waals surface area (Å²) in [6.45, 7) is 9.85. The van der Waals surface area contributed by atoms with Gasteiger partial charge in [0.05, 0.1) is 12.5 Å². The molecule has 0 saturated heterocycles. The van der Waals surface area contributed by atoms with E-state index in [0.717, 1.165) is 11.6 Å². The number of nitrogens with two attached hydrogens (primary N) is 1. The molecule has 24 heavy (non-hydrogen) atoms. The van der Waals surface area contributed by atoms with E-state index in [2.05, 4.69) is 9.94 Å². The molecule has 1 aromatic carbocycles. The van der Waals surface area contributed by atoms with Gasteiger partial charge in [-0.25, -0.2) is 13.6 Å². The van der Waals surface area contributed by atoms with Crippen LogP contribution < -0.4 is 5.73 Å². The van der Waals surface area contributed by atoms with Crippen LogP contribution in [0.4, 0.5) is 20.3 Å². The molecule has 0 aliphatic rings. The molecule has 6 nitrogen and oxygen atoms in total. The molecule has 3 N–H and O–H groups in total. The second-order valence-corrected chi connectivity index (χ2v) is 5.29. The number of hydrogen-bond acceptors (Lipinski definition) is 3. The van der Waals surface area contributed by atoms with Gasteiger partial charge in [0.25, 0.3) is 12.1 Å². The van der Waals surface area contributed by atoms with Crippen LogP contribution in [-0.2, 0) is 4.79 Å². The molecule has 8 heteroatoms. The molecule has 0 aliphatic heterocycles. The first-order valence-corrected chi connectivity index (χ1v) is 7.04. The van der Waals surface area contributed by atoms with Gasteiger partial charge in [-0.1, -0.05) is 24.3 Å². The molecule has 0 amide bonds. The highest BCUT2D eigenvalue weighted by molar-refractivity contribution is 5.83. The Bertz CT molecular complexity index is 838. The minimum atomic E-state index is -3.81. The van der Waals surface area contributed by atoms with Crippen LogP contribution >= 0.6 is 0 Å². The zero-order valence-corrected chi connectivity index (χ0v) is 13.0. The monoisotopic (exact) mass is 335 g/mol. The standard InChI is InChI=1S/C16H16F2N4O2/c1-8(16(23)24)10-4-6-11(7-5-10)12-13(20-3)15(19)22(21-12)9(2)14(17)18/h4-9,14H,19H2,1-2H3,(H,23,24)/i14D. The van der Waals surface area contributed by atoms with Crippen molar-refractivity contribution < 1.29 is 20.1 Å². The molecule has 0 bridgehead atoms. The van der Waals surface area contributed by atoms with Gasteiger partial charge in [0.2, 0.25) is 0 Å². The van der Waals surface area contributed by atoms with Gasteiger partial charge >= 0.3 is 5.97 Å². The van der Waals surface area contributed by atoms with Gasteiger partial charge in [-0.15, -0.1) is 0 Å². The van der Waals surface area contributed by atoms with E-state index < -0.39 is 24.3 Å². The van der Waals surface area contributed by atoms with Crippen LogP contribution in [0, 0.1) is 6.57 Å². The molecular weight excluding hydrogens is 318 g/mol. The number of carbonyl (C=O) groups is 1. The van der Waals surface area contributed by atoms with Gasteiger partial charge in [-0.3, -0.25) is 9.48 Å². The van der Waals surface area contributed by atoms with E-state index in [-0.39, 0.29) is 17.2 Å². The average Bonchev–Trinajstić information content (AvgIpc) is 2.89. The zero-order chi connectivity index (χ0) is 18.9. The number of aromatic nitrogens is 2. The third-order valence-corrected chi connectivity index (χ3v) is 3.77. The Kier molecular flexibility index (Phi) is 4.42. The molecular formula is C16H16F2N4O2. The summed E-state index contributed by atoms with van der Waals surface area (Å²) in [5.74, 6) is -1.93. The van der Waals surface area contributed by atoms with E-state index in [1.54, 1.807) is 24.3 Å². The summed E-state index contributed by atoms with van der Waals surface area (Å²) in [7, 11) is 0. The second kappa shape index (κ2) is 6.66. The fourth-order valence-corrected chi connectivity index (χ4v) is 2.20. The summed E-state index contributed by atoms with van der Waals surface area (Å²) in [5, 5.41) is 13.0. The Morgan fingerprint density at radius 3 is 2.46 bits per heavy atom. The van der Waals surface area contributed by atoms with E-state index in [1.165, 1.54) is 6.92 Å². The number of aliphatic carboxylic acids is 1. The topological polar surface area (TPSA) is 85.5 Å². The van der Waals surface area contributed by atoms with Crippen molar-refractivity contribution in [1.29, 1.82) is 0 Å². The van der Waals surface area contributed by atoms with Crippen molar-refractivity contribution in [3.8, 4) is 11.3 Å². The molecule has 2 atom stereocenters. The molecule has 0 aliphatic carbocycles. The van der Waals surface area contributed by atoms with Crippen molar-refractivity contribution in [1.82, 2.24) is 9.78 Å². The van der Waals surface area contributed by atoms with Crippen LogP contribution in [0.5, 0.6) is 0 Å². The Morgan fingerprint density at radius 2 is 2.00 bits per heavy atom. The average molecular weight is 335 g/mol. The van der Waals surface area contributed by atoms with E-state index in [9.17, 15) is 13.6 Å². The predicted octanol–water partition coefficient (Wildman–Crippen LogP) is 3.70. The number of hydrogen-bond donors (Lipinski definition) is 2. The summed E-state index contributed by atoms with van der Waals surface area (Å²) in [6, 6.07) is 4.60. The highest BCUT2D eigenvalue weighted by Gasteiger charge is 2.25. The van der Waals surface area contributed by atoms with Gasteiger partial charge in [0, 0.05) is 0 Å². The maximum Gasteiger partial charge on any atom is 0.310 e. The van der Waals surface area contributed by atoms with Crippen LogP contribution in [0.2, 0.25) is 0 Å². The summed E-state index contributed by atoms with van der Waals surface area (Å²) in [4.78, 5) is 14.3. The number of benzene rings is 1. The Hall–Kier alpha value is -2.95. The summed E-state index contributed by atoms with van der Waals surface area (Å²) in [5.41, 5.74) is 6.78. The maximum absolute atomic E-state index is 13.3. The van der Waals surface area contributed by atoms with E-state index >= 15 is 0 Å². The molecule has 0 saturated carbocycles. The number of nitrogens with zero attached hydrogens (tertiary/aromatic N) is 3. The Labute approximate surface area is 138 Å². The lowest BCUT2D eigenvalue weighted by Gasteiger charge is -2.12. The number of nitrogen functional groups attached to an aromatic ring is 1. The maximum atomic E-state index is 13.3. The SMILES string of the molecule is [2H]C(F)(F)C(C)n1nc(-c2ccc(C(C)C(=O)O)cc2)c([N+]#[C-])c1N. The number of anilines is 1. The van der Waals surface area contributed by atoms with E-state index in [4.69, 9.17) is 18.8 Å². The highest BCUT2D eigenvalue weighted by Crippen LogP contribution is 2.37.